The molecule has 0 aliphatic heterocycles. The highest BCUT2D eigenvalue weighted by Crippen LogP contribution is 1.88. The molecular weight excluding hydrogens is 124 g/mol. The van der Waals surface area contributed by atoms with Crippen LogP contribution in [0.25, 0.3) is 0 Å². The molecule has 0 radical (unpaired) electrons. The molecule has 0 atom stereocenters. The highest BCUT2D eigenvalue weighted by atomic mass is 15.0. The molecule has 0 spiro atoms. The van der Waals surface area contributed by atoms with Gasteiger partial charge in [0.1, 0.15) is 12.2 Å². The zero-order valence-electron chi connectivity index (χ0n) is 6.76. The van der Waals surface area contributed by atoms with Crippen LogP contribution in [-0.2, 0) is 6.54 Å². The lowest BCUT2D eigenvalue weighted by Crippen LogP contribution is -2.36. The molecule has 0 saturated heterocycles. The van der Waals surface area contributed by atoms with Crippen molar-refractivity contribution in [3.05, 3.63) is 23.8 Å². The van der Waals surface area contributed by atoms with Crippen LogP contribution in [0, 0.1) is 13.8 Å². The average molecular weight is 137 g/mol. The Bertz CT molecular complexity index is 231. The van der Waals surface area contributed by atoms with Crippen molar-refractivity contribution in [1.29, 1.82) is 0 Å². The van der Waals surface area contributed by atoms with Crippen LogP contribution < -0.4 is 4.57 Å². The van der Waals surface area contributed by atoms with Crippen LogP contribution in [0.2, 0.25) is 0 Å². The van der Waals surface area contributed by atoms with Gasteiger partial charge in [-0.15, -0.1) is 0 Å². The maximum atomic E-state index is 4.17. The van der Waals surface area contributed by atoms with Crippen LogP contribution in [0.3, 0.4) is 0 Å². The van der Waals surface area contributed by atoms with Gasteiger partial charge >= 0.3 is 0 Å². The Morgan fingerprint density at radius 2 is 2.20 bits per heavy atom. The summed E-state index contributed by atoms with van der Waals surface area (Å²) < 4.78 is 2.18. The second-order valence-corrected chi connectivity index (χ2v) is 2.46. The molecule has 1 aromatic heterocycles. The van der Waals surface area contributed by atoms with Gasteiger partial charge in [0.2, 0.25) is 0 Å². The monoisotopic (exact) mass is 137 g/mol. The molecule has 0 aliphatic carbocycles. The molecule has 10 heavy (non-hydrogen) atoms. The van der Waals surface area contributed by atoms with Gasteiger partial charge in [0, 0.05) is 6.92 Å². The van der Waals surface area contributed by atoms with Crippen LogP contribution in [-0.4, -0.2) is 4.98 Å². The molecule has 0 fully saturated rings. The maximum absolute atomic E-state index is 4.17. The minimum atomic E-state index is 1.02. The second-order valence-electron chi connectivity index (χ2n) is 2.46. The van der Waals surface area contributed by atoms with Crippen LogP contribution in [0.1, 0.15) is 18.3 Å². The molecule has 0 saturated carbocycles. The Morgan fingerprint density at radius 1 is 1.50 bits per heavy atom. The quantitative estimate of drug-likeness (QED) is 0.528. The maximum Gasteiger partial charge on any atom is 0.196 e. The van der Waals surface area contributed by atoms with E-state index in [2.05, 4.69) is 29.6 Å². The lowest BCUT2D eigenvalue weighted by molar-refractivity contribution is -0.700. The first-order valence-electron chi connectivity index (χ1n) is 3.56. The summed E-state index contributed by atoms with van der Waals surface area (Å²) in [6.07, 6.45) is 3.97. The number of aromatic nitrogens is 2. The van der Waals surface area contributed by atoms with E-state index >= 15 is 0 Å². The molecule has 1 heterocycles. The summed E-state index contributed by atoms with van der Waals surface area (Å²) in [6.45, 7) is 7.23. The second kappa shape index (κ2) is 2.78. The Morgan fingerprint density at radius 3 is 2.70 bits per heavy atom. The van der Waals surface area contributed by atoms with E-state index in [9.17, 15) is 0 Å². The Kier molecular flexibility index (Phi) is 2.00. The molecule has 0 amide bonds. The van der Waals surface area contributed by atoms with Gasteiger partial charge in [0.25, 0.3) is 0 Å². The van der Waals surface area contributed by atoms with Crippen LogP contribution in [0.15, 0.2) is 12.4 Å². The van der Waals surface area contributed by atoms with Crippen molar-refractivity contribution in [3.63, 3.8) is 0 Å². The fourth-order valence-electron chi connectivity index (χ4n) is 0.971. The number of hydrogen-bond donors (Lipinski definition) is 0. The van der Waals surface area contributed by atoms with Crippen molar-refractivity contribution >= 4 is 0 Å². The van der Waals surface area contributed by atoms with Crippen molar-refractivity contribution in [1.82, 2.24) is 4.98 Å². The van der Waals surface area contributed by atoms with E-state index in [0.717, 1.165) is 12.2 Å². The van der Waals surface area contributed by atoms with Crippen molar-refractivity contribution < 1.29 is 4.57 Å². The Balaban J connectivity index is 3.09. The van der Waals surface area contributed by atoms with Crippen molar-refractivity contribution in [2.45, 2.75) is 27.3 Å². The lowest BCUT2D eigenvalue weighted by atomic mass is 10.4. The van der Waals surface area contributed by atoms with Crippen LogP contribution in [0.4, 0.5) is 0 Å². The zero-order valence-corrected chi connectivity index (χ0v) is 6.76. The highest BCUT2D eigenvalue weighted by Gasteiger charge is 2.02. The summed E-state index contributed by atoms with van der Waals surface area (Å²) in [5.74, 6) is 0. The third-order valence-corrected chi connectivity index (χ3v) is 1.59. The molecule has 1 aromatic rings. The molecule has 0 aliphatic rings. The predicted octanol–water partition coefficient (Wildman–Crippen LogP) is 1.01. The van der Waals surface area contributed by atoms with Crippen LogP contribution >= 0.6 is 0 Å². The SMILES string of the molecule is CC[n+]1cc(C)ncc1C. The summed E-state index contributed by atoms with van der Waals surface area (Å²) in [7, 11) is 0. The zero-order chi connectivity index (χ0) is 7.56. The molecule has 0 bridgehead atoms. The number of aryl methyl sites for hydroxylation is 3. The van der Waals surface area contributed by atoms with Crippen molar-refractivity contribution in [2.24, 2.45) is 0 Å². The highest BCUT2D eigenvalue weighted by molar-refractivity contribution is 4.90. The molecule has 0 N–H and O–H groups in total. The van der Waals surface area contributed by atoms with E-state index in [-0.39, 0.29) is 0 Å². The van der Waals surface area contributed by atoms with Gasteiger partial charge in [-0.05, 0) is 13.8 Å². The molecule has 1 rings (SSSR count). The molecule has 2 heteroatoms. The van der Waals surface area contributed by atoms with E-state index in [1.54, 1.807) is 0 Å². The van der Waals surface area contributed by atoms with Crippen LogP contribution in [0.5, 0.6) is 0 Å². The number of hydrogen-bond acceptors (Lipinski definition) is 1. The van der Waals surface area contributed by atoms with Gasteiger partial charge in [-0.3, -0.25) is 0 Å². The largest absolute Gasteiger partial charge is 0.249 e. The smallest absolute Gasteiger partial charge is 0.196 e. The fraction of sp³-hybridized carbons (Fsp3) is 0.500. The van der Waals surface area contributed by atoms with E-state index in [1.165, 1.54) is 5.69 Å². The fourth-order valence-corrected chi connectivity index (χ4v) is 0.971. The summed E-state index contributed by atoms with van der Waals surface area (Å²) in [4.78, 5) is 4.17. The van der Waals surface area contributed by atoms with Crippen molar-refractivity contribution in [2.75, 3.05) is 0 Å². The van der Waals surface area contributed by atoms with E-state index in [4.69, 9.17) is 0 Å². The molecular formula is C8H13N2+. The van der Waals surface area contributed by atoms with Gasteiger partial charge in [-0.1, -0.05) is 0 Å². The van der Waals surface area contributed by atoms with Gasteiger partial charge in [0.05, 0.1) is 6.20 Å². The summed E-state index contributed by atoms with van der Waals surface area (Å²) in [6, 6.07) is 0. The van der Waals surface area contributed by atoms with E-state index in [0.29, 0.717) is 0 Å². The van der Waals surface area contributed by atoms with Crippen molar-refractivity contribution in [3.8, 4) is 0 Å². The van der Waals surface area contributed by atoms with Gasteiger partial charge in [-0.2, -0.15) is 4.57 Å². The lowest BCUT2D eigenvalue weighted by Gasteiger charge is -1.95. The molecule has 54 valence electrons. The Labute approximate surface area is 61.5 Å². The van der Waals surface area contributed by atoms with Gasteiger partial charge in [-0.25, -0.2) is 4.98 Å². The minimum absolute atomic E-state index is 1.02. The molecule has 0 aromatic carbocycles. The Hall–Kier alpha value is -0.920. The minimum Gasteiger partial charge on any atom is -0.249 e. The van der Waals surface area contributed by atoms with Gasteiger partial charge < -0.3 is 0 Å². The third-order valence-electron chi connectivity index (χ3n) is 1.59. The standard InChI is InChI=1S/C8H13N2/c1-4-10-6-7(2)9-5-8(10)3/h5-6H,4H2,1-3H3/q+1. The summed E-state index contributed by atoms with van der Waals surface area (Å²) in [5.41, 5.74) is 2.29. The number of nitrogens with zero attached hydrogens (tertiary/aromatic N) is 2. The van der Waals surface area contributed by atoms with E-state index in [1.807, 2.05) is 13.1 Å². The van der Waals surface area contributed by atoms with Gasteiger partial charge in [0.15, 0.2) is 11.9 Å². The summed E-state index contributed by atoms with van der Waals surface area (Å²) >= 11 is 0. The molecule has 0 unspecified atom stereocenters. The predicted molar refractivity (Wildman–Crippen MR) is 39.6 cm³/mol. The first-order valence-corrected chi connectivity index (χ1v) is 3.56. The molecule has 2 nitrogen and oxygen atoms in total. The van der Waals surface area contributed by atoms with E-state index < -0.39 is 0 Å². The average Bonchev–Trinajstić information content (AvgIpc) is 1.94. The first kappa shape index (κ1) is 7.19. The topological polar surface area (TPSA) is 16.8 Å². The number of rotatable bonds is 1. The normalized spacial score (nSPS) is 9.90. The summed E-state index contributed by atoms with van der Waals surface area (Å²) in [5, 5.41) is 0. The first-order chi connectivity index (χ1) is 4.74. The third kappa shape index (κ3) is 1.32.